The van der Waals surface area contributed by atoms with Crippen LogP contribution in [0.3, 0.4) is 0 Å². The second-order valence-corrected chi connectivity index (χ2v) is 2.81. The highest BCUT2D eigenvalue weighted by atomic mass is 19.4. The van der Waals surface area contributed by atoms with Crippen molar-refractivity contribution in [1.82, 2.24) is 0 Å². The molecule has 88 valence electrons. The monoisotopic (exact) mass is 229 g/mol. The summed E-state index contributed by atoms with van der Waals surface area (Å²) in [5.74, 6) is -0.681. The van der Waals surface area contributed by atoms with Gasteiger partial charge in [-0.25, -0.2) is 0 Å². The number of nitro groups is 1. The van der Waals surface area contributed by atoms with Crippen LogP contribution < -0.4 is 0 Å². The molecule has 1 unspecified atom stereocenters. The SMILES string of the molecule is COC(=O)CCCC([N+](=O)[O-])C(F)(F)F. The van der Waals surface area contributed by atoms with Gasteiger partial charge < -0.3 is 4.74 Å². The van der Waals surface area contributed by atoms with Crippen molar-refractivity contribution in [2.75, 3.05) is 7.11 Å². The molecule has 1 atom stereocenters. The molecule has 0 bridgehead atoms. The lowest BCUT2D eigenvalue weighted by molar-refractivity contribution is -0.563. The highest BCUT2D eigenvalue weighted by Gasteiger charge is 2.48. The van der Waals surface area contributed by atoms with Gasteiger partial charge in [-0.05, 0) is 6.42 Å². The van der Waals surface area contributed by atoms with E-state index in [1.807, 2.05) is 0 Å². The van der Waals surface area contributed by atoms with Crippen LogP contribution in [-0.4, -0.2) is 30.2 Å². The van der Waals surface area contributed by atoms with Crippen LogP contribution in [0.15, 0.2) is 0 Å². The number of rotatable bonds is 5. The zero-order chi connectivity index (χ0) is 12.1. The van der Waals surface area contributed by atoms with Gasteiger partial charge in [0.25, 0.3) is 0 Å². The molecule has 0 aliphatic heterocycles. The Labute approximate surface area is 83.4 Å². The van der Waals surface area contributed by atoms with E-state index in [1.165, 1.54) is 0 Å². The first-order valence-corrected chi connectivity index (χ1v) is 4.06. The third kappa shape index (κ3) is 5.18. The van der Waals surface area contributed by atoms with E-state index in [0.717, 1.165) is 7.11 Å². The molecular weight excluding hydrogens is 219 g/mol. The van der Waals surface area contributed by atoms with Gasteiger partial charge in [0.2, 0.25) is 0 Å². The third-order valence-electron chi connectivity index (χ3n) is 1.72. The van der Waals surface area contributed by atoms with Crippen LogP contribution in [-0.2, 0) is 9.53 Å². The number of methoxy groups -OCH3 is 1. The lowest BCUT2D eigenvalue weighted by atomic mass is 10.1. The van der Waals surface area contributed by atoms with E-state index < -0.39 is 29.5 Å². The van der Waals surface area contributed by atoms with Crippen molar-refractivity contribution < 1.29 is 27.6 Å². The summed E-state index contributed by atoms with van der Waals surface area (Å²) in [5.41, 5.74) is 0. The first-order valence-electron chi connectivity index (χ1n) is 4.06. The van der Waals surface area contributed by atoms with Crippen molar-refractivity contribution in [3.63, 3.8) is 0 Å². The van der Waals surface area contributed by atoms with Crippen LogP contribution in [0, 0.1) is 10.1 Å². The number of esters is 1. The molecule has 0 heterocycles. The lowest BCUT2D eigenvalue weighted by Gasteiger charge is -2.11. The molecule has 15 heavy (non-hydrogen) atoms. The Balaban J connectivity index is 4.10. The summed E-state index contributed by atoms with van der Waals surface area (Å²) in [7, 11) is 1.09. The molecule has 0 radical (unpaired) electrons. The van der Waals surface area contributed by atoms with Crippen LogP contribution in [0.5, 0.6) is 0 Å². The zero-order valence-electron chi connectivity index (χ0n) is 7.91. The summed E-state index contributed by atoms with van der Waals surface area (Å²) in [4.78, 5) is 19.2. The van der Waals surface area contributed by atoms with Crippen molar-refractivity contribution in [3.05, 3.63) is 10.1 Å². The maximum absolute atomic E-state index is 12.0. The lowest BCUT2D eigenvalue weighted by Crippen LogP contribution is -2.36. The normalized spacial score (nSPS) is 13.3. The van der Waals surface area contributed by atoms with E-state index in [-0.39, 0.29) is 12.8 Å². The average molecular weight is 229 g/mol. The van der Waals surface area contributed by atoms with Gasteiger partial charge in [0.1, 0.15) is 0 Å². The number of hydrogen-bond donors (Lipinski definition) is 0. The minimum absolute atomic E-state index is 0.224. The molecule has 0 rings (SSSR count). The fraction of sp³-hybridized carbons (Fsp3) is 0.857. The van der Waals surface area contributed by atoms with E-state index >= 15 is 0 Å². The summed E-state index contributed by atoms with van der Waals surface area (Å²) in [6.45, 7) is 0. The number of ether oxygens (including phenoxy) is 1. The highest BCUT2D eigenvalue weighted by molar-refractivity contribution is 5.68. The number of alkyl halides is 3. The fourth-order valence-electron chi connectivity index (χ4n) is 0.930. The Morgan fingerprint density at radius 3 is 2.40 bits per heavy atom. The molecule has 0 aliphatic rings. The predicted octanol–water partition coefficient (Wildman–Crippen LogP) is 1.54. The molecule has 8 heteroatoms. The van der Waals surface area contributed by atoms with Gasteiger partial charge in [-0.1, -0.05) is 0 Å². The van der Waals surface area contributed by atoms with Gasteiger partial charge in [0.15, 0.2) is 0 Å². The second-order valence-electron chi connectivity index (χ2n) is 2.81. The maximum Gasteiger partial charge on any atom is 0.457 e. The van der Waals surface area contributed by atoms with Crippen LogP contribution in [0.25, 0.3) is 0 Å². The summed E-state index contributed by atoms with van der Waals surface area (Å²) in [6, 6.07) is -2.61. The summed E-state index contributed by atoms with van der Waals surface area (Å²) < 4.78 is 40.2. The molecule has 0 aliphatic carbocycles. The van der Waals surface area contributed by atoms with E-state index in [2.05, 4.69) is 4.74 Å². The smallest absolute Gasteiger partial charge is 0.457 e. The van der Waals surface area contributed by atoms with E-state index in [1.54, 1.807) is 0 Å². The average Bonchev–Trinajstić information content (AvgIpc) is 2.09. The van der Waals surface area contributed by atoms with Crippen molar-refractivity contribution >= 4 is 5.97 Å². The molecule has 0 aromatic carbocycles. The molecule has 0 aromatic heterocycles. The van der Waals surface area contributed by atoms with Crippen molar-refractivity contribution in [2.45, 2.75) is 31.5 Å². The fourth-order valence-corrected chi connectivity index (χ4v) is 0.930. The van der Waals surface area contributed by atoms with Gasteiger partial charge in [0, 0.05) is 17.8 Å². The number of carbonyl (C=O) groups excluding carboxylic acids is 1. The van der Waals surface area contributed by atoms with Gasteiger partial charge in [-0.3, -0.25) is 14.9 Å². The van der Waals surface area contributed by atoms with Crippen molar-refractivity contribution in [2.24, 2.45) is 0 Å². The second kappa shape index (κ2) is 5.52. The largest absolute Gasteiger partial charge is 0.469 e. The molecule has 0 fully saturated rings. The maximum atomic E-state index is 12.0. The molecule has 0 aromatic rings. The molecule has 0 N–H and O–H groups in total. The topological polar surface area (TPSA) is 69.4 Å². The number of hydrogen-bond acceptors (Lipinski definition) is 4. The Kier molecular flexibility index (Phi) is 5.03. The molecule has 0 saturated heterocycles. The number of halogens is 3. The van der Waals surface area contributed by atoms with E-state index in [9.17, 15) is 28.1 Å². The van der Waals surface area contributed by atoms with Gasteiger partial charge >= 0.3 is 18.2 Å². The standard InChI is InChI=1S/C7H10F3NO4/c1-15-6(12)4-2-3-5(11(13)14)7(8,9)10/h5H,2-4H2,1H3. The zero-order valence-corrected chi connectivity index (χ0v) is 7.91. The Morgan fingerprint density at radius 1 is 1.53 bits per heavy atom. The molecule has 5 nitrogen and oxygen atoms in total. The highest BCUT2D eigenvalue weighted by Crippen LogP contribution is 2.26. The molecular formula is C7H10F3NO4. The Bertz CT molecular complexity index is 241. The first kappa shape index (κ1) is 13.7. The number of nitrogens with zero attached hydrogens (tertiary/aromatic N) is 1. The quantitative estimate of drug-likeness (QED) is 0.407. The molecule has 0 spiro atoms. The van der Waals surface area contributed by atoms with Crippen LogP contribution in [0.1, 0.15) is 19.3 Å². The minimum atomic E-state index is -4.88. The van der Waals surface area contributed by atoms with Crippen LogP contribution in [0.4, 0.5) is 13.2 Å². The van der Waals surface area contributed by atoms with Crippen molar-refractivity contribution in [1.29, 1.82) is 0 Å². The van der Waals surface area contributed by atoms with Crippen LogP contribution in [0.2, 0.25) is 0 Å². The molecule has 0 saturated carbocycles. The first-order chi connectivity index (χ1) is 6.79. The predicted molar refractivity (Wildman–Crippen MR) is 42.7 cm³/mol. The Morgan fingerprint density at radius 2 is 2.07 bits per heavy atom. The van der Waals surface area contributed by atoms with Gasteiger partial charge in [-0.2, -0.15) is 13.2 Å². The minimum Gasteiger partial charge on any atom is -0.469 e. The van der Waals surface area contributed by atoms with E-state index in [0.29, 0.717) is 0 Å². The number of carbonyl (C=O) groups is 1. The summed E-state index contributed by atoms with van der Waals surface area (Å²) >= 11 is 0. The van der Waals surface area contributed by atoms with Crippen LogP contribution >= 0.6 is 0 Å². The van der Waals surface area contributed by atoms with Gasteiger partial charge in [-0.15, -0.1) is 0 Å². The third-order valence-corrected chi connectivity index (χ3v) is 1.72. The van der Waals surface area contributed by atoms with E-state index in [4.69, 9.17) is 0 Å². The van der Waals surface area contributed by atoms with Crippen molar-refractivity contribution in [3.8, 4) is 0 Å². The van der Waals surface area contributed by atoms with Gasteiger partial charge in [0.05, 0.1) is 7.11 Å². The summed E-state index contributed by atoms with van der Waals surface area (Å²) in [5, 5.41) is 10.1. The molecule has 0 amide bonds. The Hall–Kier alpha value is -1.34. The summed E-state index contributed by atoms with van der Waals surface area (Å²) in [6.07, 6.45) is -6.07.